The highest BCUT2D eigenvalue weighted by Gasteiger charge is 2.42. The van der Waals surface area contributed by atoms with Gasteiger partial charge in [0.1, 0.15) is 0 Å². The molecule has 2 aliphatic heterocycles. The zero-order valence-corrected chi connectivity index (χ0v) is 18.1. The summed E-state index contributed by atoms with van der Waals surface area (Å²) in [6, 6.07) is 11.2. The standard InChI is InChI=1S/C24H30N4O3/c1-16-6-5-7-17(2)22(16)23(29)28-14-18-12-27(13-19(18)15-28)11-9-21(26-24(30)31)20-8-3-4-10-25-20/h3-8,10,18-19,21,26H,9,11-15H2,1-2H3,(H,30,31)/t18-,19?,21?/m0/s1. The maximum absolute atomic E-state index is 13.1. The molecule has 2 unspecified atom stereocenters. The molecule has 0 radical (unpaired) electrons. The van der Waals surface area contributed by atoms with E-state index < -0.39 is 6.09 Å². The third kappa shape index (κ3) is 4.71. The van der Waals surface area contributed by atoms with Gasteiger partial charge in [0.15, 0.2) is 0 Å². The van der Waals surface area contributed by atoms with Gasteiger partial charge in [0.25, 0.3) is 5.91 Å². The average molecular weight is 423 g/mol. The van der Waals surface area contributed by atoms with E-state index in [1.165, 1.54) is 0 Å². The fourth-order valence-corrected chi connectivity index (χ4v) is 5.09. The number of likely N-dealkylation sites (tertiary alicyclic amines) is 2. The number of nitrogens with one attached hydrogen (secondary N) is 1. The normalized spacial score (nSPS) is 21.7. The fraction of sp³-hybridized carbons (Fsp3) is 0.458. The number of carbonyl (C=O) groups excluding carboxylic acids is 1. The Morgan fingerprint density at radius 3 is 2.32 bits per heavy atom. The van der Waals surface area contributed by atoms with Crippen molar-refractivity contribution in [3.8, 4) is 0 Å². The molecule has 2 amide bonds. The van der Waals surface area contributed by atoms with E-state index in [1.54, 1.807) is 6.20 Å². The van der Waals surface area contributed by atoms with Crippen molar-refractivity contribution in [3.05, 3.63) is 65.0 Å². The first-order valence-corrected chi connectivity index (χ1v) is 10.9. The summed E-state index contributed by atoms with van der Waals surface area (Å²) in [5, 5.41) is 11.8. The zero-order chi connectivity index (χ0) is 22.0. The second-order valence-electron chi connectivity index (χ2n) is 8.80. The average Bonchev–Trinajstić information content (AvgIpc) is 3.30. The number of carboxylic acid groups (broad SMARTS) is 1. The van der Waals surface area contributed by atoms with E-state index in [-0.39, 0.29) is 11.9 Å². The Labute approximate surface area is 183 Å². The van der Waals surface area contributed by atoms with Gasteiger partial charge in [0.05, 0.1) is 11.7 Å². The largest absolute Gasteiger partial charge is 0.465 e. The Balaban J connectivity index is 1.33. The number of fused-ring (bicyclic) bond motifs is 1. The van der Waals surface area contributed by atoms with Gasteiger partial charge in [-0.2, -0.15) is 0 Å². The van der Waals surface area contributed by atoms with Crippen LogP contribution in [0.3, 0.4) is 0 Å². The third-order valence-electron chi connectivity index (χ3n) is 6.62. The molecule has 2 saturated heterocycles. The molecular weight excluding hydrogens is 392 g/mol. The quantitative estimate of drug-likeness (QED) is 0.747. The van der Waals surface area contributed by atoms with Gasteiger partial charge in [-0.15, -0.1) is 0 Å². The van der Waals surface area contributed by atoms with Crippen LogP contribution in [0.5, 0.6) is 0 Å². The lowest BCUT2D eigenvalue weighted by molar-refractivity contribution is 0.0772. The van der Waals surface area contributed by atoms with E-state index in [2.05, 4.69) is 15.2 Å². The summed E-state index contributed by atoms with van der Waals surface area (Å²) in [6.45, 7) is 8.30. The van der Waals surface area contributed by atoms with Crippen LogP contribution in [0.25, 0.3) is 0 Å². The number of benzene rings is 1. The molecule has 2 N–H and O–H groups in total. The predicted octanol–water partition coefficient (Wildman–Crippen LogP) is 3.10. The number of aryl methyl sites for hydroxylation is 2. The summed E-state index contributed by atoms with van der Waals surface area (Å²) in [4.78, 5) is 33.1. The van der Waals surface area contributed by atoms with Crippen molar-refractivity contribution in [3.63, 3.8) is 0 Å². The van der Waals surface area contributed by atoms with Crippen molar-refractivity contribution in [2.75, 3.05) is 32.7 Å². The first-order chi connectivity index (χ1) is 14.9. The second-order valence-corrected chi connectivity index (χ2v) is 8.80. The number of hydrogen-bond acceptors (Lipinski definition) is 4. The zero-order valence-electron chi connectivity index (χ0n) is 18.1. The highest BCUT2D eigenvalue weighted by atomic mass is 16.4. The van der Waals surface area contributed by atoms with Crippen molar-refractivity contribution in [1.29, 1.82) is 0 Å². The van der Waals surface area contributed by atoms with Gasteiger partial charge in [-0.25, -0.2) is 4.79 Å². The van der Waals surface area contributed by atoms with E-state index in [9.17, 15) is 14.7 Å². The summed E-state index contributed by atoms with van der Waals surface area (Å²) in [6.07, 6.45) is 1.33. The summed E-state index contributed by atoms with van der Waals surface area (Å²) in [5.41, 5.74) is 3.66. The highest BCUT2D eigenvalue weighted by Crippen LogP contribution is 2.33. The minimum atomic E-state index is -1.03. The minimum Gasteiger partial charge on any atom is -0.465 e. The molecule has 7 heteroatoms. The first-order valence-electron chi connectivity index (χ1n) is 10.9. The van der Waals surface area contributed by atoms with E-state index in [4.69, 9.17) is 0 Å². The van der Waals surface area contributed by atoms with Crippen molar-refractivity contribution in [2.24, 2.45) is 11.8 Å². The van der Waals surface area contributed by atoms with Gasteiger partial charge >= 0.3 is 6.09 Å². The maximum atomic E-state index is 13.1. The number of nitrogens with zero attached hydrogens (tertiary/aromatic N) is 3. The Kier molecular flexibility index (Phi) is 6.23. The first kappa shape index (κ1) is 21.3. The number of pyridine rings is 1. The molecule has 3 heterocycles. The molecule has 0 bridgehead atoms. The predicted molar refractivity (Wildman–Crippen MR) is 118 cm³/mol. The van der Waals surface area contributed by atoms with Crippen molar-refractivity contribution < 1.29 is 14.7 Å². The SMILES string of the molecule is Cc1cccc(C)c1C(=O)N1CC2CN(CCC(NC(=O)O)c3ccccn3)C[C@H]2C1. The third-order valence-corrected chi connectivity index (χ3v) is 6.62. The molecule has 2 aromatic rings. The summed E-state index contributed by atoms with van der Waals surface area (Å²) in [5.74, 6) is 1.11. The maximum Gasteiger partial charge on any atom is 0.405 e. The molecule has 31 heavy (non-hydrogen) atoms. The minimum absolute atomic E-state index is 0.150. The molecule has 4 rings (SSSR count). The molecular formula is C24H30N4O3. The van der Waals surface area contributed by atoms with Crippen molar-refractivity contribution in [1.82, 2.24) is 20.1 Å². The number of aromatic nitrogens is 1. The summed E-state index contributed by atoms with van der Waals surface area (Å²) in [7, 11) is 0. The lowest BCUT2D eigenvalue weighted by Crippen LogP contribution is -2.35. The van der Waals surface area contributed by atoms with Gasteiger partial charge < -0.3 is 20.2 Å². The Hall–Kier alpha value is -2.93. The monoisotopic (exact) mass is 422 g/mol. The molecule has 2 fully saturated rings. The summed E-state index contributed by atoms with van der Waals surface area (Å²) >= 11 is 0. The van der Waals surface area contributed by atoms with Crippen LogP contribution in [0.4, 0.5) is 4.79 Å². The number of amides is 2. The van der Waals surface area contributed by atoms with Crippen molar-refractivity contribution in [2.45, 2.75) is 26.3 Å². The number of rotatable bonds is 6. The van der Waals surface area contributed by atoms with Crippen LogP contribution in [0.1, 0.15) is 39.6 Å². The molecule has 164 valence electrons. The molecule has 0 saturated carbocycles. The summed E-state index contributed by atoms with van der Waals surface area (Å²) < 4.78 is 0. The van der Waals surface area contributed by atoms with E-state index in [0.717, 1.165) is 55.1 Å². The van der Waals surface area contributed by atoms with Crippen molar-refractivity contribution >= 4 is 12.0 Å². The van der Waals surface area contributed by atoms with Crippen LogP contribution >= 0.6 is 0 Å². The molecule has 2 aliphatic rings. The lowest BCUT2D eigenvalue weighted by atomic mass is 10.0. The highest BCUT2D eigenvalue weighted by molar-refractivity contribution is 5.97. The smallest absolute Gasteiger partial charge is 0.405 e. The molecule has 3 atom stereocenters. The van der Waals surface area contributed by atoms with Crippen LogP contribution in [-0.2, 0) is 0 Å². The molecule has 7 nitrogen and oxygen atoms in total. The molecule has 1 aromatic carbocycles. The van der Waals surface area contributed by atoms with E-state index >= 15 is 0 Å². The van der Waals surface area contributed by atoms with Crippen LogP contribution in [0.15, 0.2) is 42.6 Å². The van der Waals surface area contributed by atoms with Gasteiger partial charge in [0, 0.05) is 44.5 Å². The molecule has 1 aromatic heterocycles. The van der Waals surface area contributed by atoms with E-state index in [1.807, 2.05) is 55.1 Å². The van der Waals surface area contributed by atoms with Gasteiger partial charge in [-0.05, 0) is 55.4 Å². The van der Waals surface area contributed by atoms with Crippen LogP contribution in [-0.4, -0.2) is 64.6 Å². The fourth-order valence-electron chi connectivity index (χ4n) is 5.09. The molecule has 0 aliphatic carbocycles. The molecule has 0 spiro atoms. The van der Waals surface area contributed by atoms with Gasteiger partial charge in [0.2, 0.25) is 0 Å². The number of carbonyl (C=O) groups is 2. The second kappa shape index (κ2) is 9.06. The Morgan fingerprint density at radius 1 is 1.06 bits per heavy atom. The topological polar surface area (TPSA) is 85.8 Å². The number of hydrogen-bond donors (Lipinski definition) is 2. The van der Waals surface area contributed by atoms with Crippen LogP contribution in [0, 0.1) is 25.7 Å². The van der Waals surface area contributed by atoms with Crippen LogP contribution < -0.4 is 5.32 Å². The lowest BCUT2D eigenvalue weighted by Gasteiger charge is -2.24. The van der Waals surface area contributed by atoms with Crippen LogP contribution in [0.2, 0.25) is 0 Å². The Bertz CT molecular complexity index is 915. The van der Waals surface area contributed by atoms with Gasteiger partial charge in [-0.1, -0.05) is 24.3 Å². The van der Waals surface area contributed by atoms with Gasteiger partial charge in [-0.3, -0.25) is 9.78 Å². The van der Waals surface area contributed by atoms with E-state index in [0.29, 0.717) is 18.3 Å². The Morgan fingerprint density at radius 2 is 1.74 bits per heavy atom.